The summed E-state index contributed by atoms with van der Waals surface area (Å²) in [6.07, 6.45) is 0. The standard InChI is InChI=1S/C17H13N3O5S/c1-8-12(17(21)24-2)14-15(26-8)13(11(7-18)16(19)25-14)9-4-3-5-10(6-9)20(22)23/h3-6,13H,19H2,1-2H3. The number of nitrogens with zero attached hydrogens (tertiary/aromatic N) is 2. The van der Waals surface area contributed by atoms with Crippen LogP contribution in [0.1, 0.15) is 31.6 Å². The molecule has 2 aromatic rings. The second-order valence-electron chi connectivity index (χ2n) is 5.50. The van der Waals surface area contributed by atoms with Gasteiger partial charge < -0.3 is 15.2 Å². The number of nitriles is 1. The minimum Gasteiger partial charge on any atom is -0.465 e. The summed E-state index contributed by atoms with van der Waals surface area (Å²) in [6.45, 7) is 1.73. The second kappa shape index (κ2) is 6.50. The van der Waals surface area contributed by atoms with Crippen LogP contribution in [-0.2, 0) is 4.74 Å². The van der Waals surface area contributed by atoms with Gasteiger partial charge in [-0.1, -0.05) is 12.1 Å². The van der Waals surface area contributed by atoms with E-state index in [2.05, 4.69) is 0 Å². The number of ether oxygens (including phenoxy) is 2. The number of carbonyl (C=O) groups excluding carboxylic acids is 1. The van der Waals surface area contributed by atoms with E-state index < -0.39 is 16.8 Å². The average Bonchev–Trinajstić information content (AvgIpc) is 2.95. The molecule has 1 aliphatic rings. The SMILES string of the molecule is COC(=O)c1c(C)sc2c1OC(N)=C(C#N)C2c1cccc([N+](=O)[O-])c1. The fraction of sp³-hybridized carbons (Fsp3) is 0.176. The summed E-state index contributed by atoms with van der Waals surface area (Å²) >= 11 is 1.26. The molecule has 9 heteroatoms. The Labute approximate surface area is 152 Å². The van der Waals surface area contributed by atoms with Crippen molar-refractivity contribution in [3.63, 3.8) is 0 Å². The molecule has 1 aromatic carbocycles. The first kappa shape index (κ1) is 17.4. The highest BCUT2D eigenvalue weighted by Gasteiger charge is 2.37. The monoisotopic (exact) mass is 371 g/mol. The maximum atomic E-state index is 12.1. The summed E-state index contributed by atoms with van der Waals surface area (Å²) in [5.74, 6) is -1.15. The normalized spacial score (nSPS) is 15.7. The predicted molar refractivity (Wildman–Crippen MR) is 92.8 cm³/mol. The number of rotatable bonds is 3. The lowest BCUT2D eigenvalue weighted by Gasteiger charge is -2.24. The van der Waals surface area contributed by atoms with E-state index in [0.717, 1.165) is 0 Å². The van der Waals surface area contributed by atoms with Crippen LogP contribution >= 0.6 is 11.3 Å². The first-order chi connectivity index (χ1) is 12.4. The lowest BCUT2D eigenvalue weighted by atomic mass is 9.88. The van der Waals surface area contributed by atoms with E-state index in [1.54, 1.807) is 13.0 Å². The number of hydrogen-bond donors (Lipinski definition) is 1. The zero-order chi connectivity index (χ0) is 19.0. The quantitative estimate of drug-likeness (QED) is 0.499. The number of methoxy groups -OCH3 is 1. The molecule has 0 spiro atoms. The van der Waals surface area contributed by atoms with Crippen LogP contribution in [0.2, 0.25) is 0 Å². The Morgan fingerprint density at radius 3 is 2.85 bits per heavy atom. The zero-order valence-corrected chi connectivity index (χ0v) is 14.6. The Hall–Kier alpha value is -3.38. The first-order valence-electron chi connectivity index (χ1n) is 7.42. The summed E-state index contributed by atoms with van der Waals surface area (Å²) in [7, 11) is 1.26. The van der Waals surface area contributed by atoms with E-state index in [1.807, 2.05) is 6.07 Å². The van der Waals surface area contributed by atoms with Crippen molar-refractivity contribution in [1.29, 1.82) is 5.26 Å². The van der Waals surface area contributed by atoms with Crippen LogP contribution < -0.4 is 10.5 Å². The van der Waals surface area contributed by atoms with E-state index in [0.29, 0.717) is 15.3 Å². The average molecular weight is 371 g/mol. The predicted octanol–water partition coefficient (Wildman–Crippen LogP) is 2.97. The van der Waals surface area contributed by atoms with E-state index >= 15 is 0 Å². The number of non-ortho nitro benzene ring substituents is 1. The number of thiophene rings is 1. The highest BCUT2D eigenvalue weighted by Crippen LogP contribution is 2.49. The van der Waals surface area contributed by atoms with Crippen LogP contribution in [0.3, 0.4) is 0 Å². The van der Waals surface area contributed by atoms with E-state index in [-0.39, 0.29) is 28.5 Å². The first-order valence-corrected chi connectivity index (χ1v) is 8.24. The molecule has 132 valence electrons. The maximum Gasteiger partial charge on any atom is 0.342 e. The Morgan fingerprint density at radius 1 is 1.50 bits per heavy atom. The van der Waals surface area contributed by atoms with Crippen molar-refractivity contribution >= 4 is 23.0 Å². The van der Waals surface area contributed by atoms with E-state index in [9.17, 15) is 20.2 Å². The van der Waals surface area contributed by atoms with Crippen molar-refractivity contribution in [2.75, 3.05) is 7.11 Å². The van der Waals surface area contributed by atoms with Gasteiger partial charge in [-0.3, -0.25) is 10.1 Å². The molecule has 1 aliphatic heterocycles. The molecule has 0 bridgehead atoms. The third-order valence-electron chi connectivity index (χ3n) is 4.02. The molecule has 1 aromatic heterocycles. The van der Waals surface area contributed by atoms with Crippen molar-refractivity contribution in [3.05, 3.63) is 66.7 Å². The third kappa shape index (κ3) is 2.66. The Morgan fingerprint density at radius 2 is 2.23 bits per heavy atom. The number of nitro groups is 1. The van der Waals surface area contributed by atoms with Crippen LogP contribution in [0.15, 0.2) is 35.7 Å². The molecule has 0 fully saturated rings. The van der Waals surface area contributed by atoms with Crippen LogP contribution in [0, 0.1) is 28.4 Å². The number of esters is 1. The van der Waals surface area contributed by atoms with Crippen LogP contribution in [-0.4, -0.2) is 18.0 Å². The van der Waals surface area contributed by atoms with Gasteiger partial charge in [0.05, 0.1) is 22.8 Å². The molecular weight excluding hydrogens is 358 g/mol. The molecule has 1 atom stereocenters. The van der Waals surface area contributed by atoms with Gasteiger partial charge in [0.2, 0.25) is 5.88 Å². The van der Waals surface area contributed by atoms with Gasteiger partial charge in [0.1, 0.15) is 17.2 Å². The van der Waals surface area contributed by atoms with Gasteiger partial charge in [-0.25, -0.2) is 4.79 Å². The highest BCUT2D eigenvalue weighted by atomic mass is 32.1. The lowest BCUT2D eigenvalue weighted by Crippen LogP contribution is -2.21. The fourth-order valence-corrected chi connectivity index (χ4v) is 4.09. The molecule has 2 heterocycles. The largest absolute Gasteiger partial charge is 0.465 e. The molecular formula is C17H13N3O5S. The van der Waals surface area contributed by atoms with E-state index in [1.165, 1.54) is 36.6 Å². The van der Waals surface area contributed by atoms with Gasteiger partial charge >= 0.3 is 5.97 Å². The summed E-state index contributed by atoms with van der Waals surface area (Å²) in [4.78, 5) is 23.9. The van der Waals surface area contributed by atoms with Crippen LogP contribution in [0.4, 0.5) is 5.69 Å². The van der Waals surface area contributed by atoms with Crippen molar-refractivity contribution < 1.29 is 19.2 Å². The van der Waals surface area contributed by atoms with Gasteiger partial charge in [0.25, 0.3) is 5.69 Å². The van der Waals surface area contributed by atoms with Gasteiger partial charge in [-0.05, 0) is 12.5 Å². The number of nitrogens with two attached hydrogens (primary N) is 1. The molecule has 3 rings (SSSR count). The van der Waals surface area contributed by atoms with Gasteiger partial charge in [0, 0.05) is 17.0 Å². The number of fused-ring (bicyclic) bond motifs is 1. The summed E-state index contributed by atoms with van der Waals surface area (Å²) < 4.78 is 10.3. The van der Waals surface area contributed by atoms with Crippen LogP contribution in [0.5, 0.6) is 5.75 Å². The number of hydrogen-bond acceptors (Lipinski definition) is 8. The maximum absolute atomic E-state index is 12.1. The number of benzene rings is 1. The Kier molecular flexibility index (Phi) is 4.36. The number of aryl methyl sites for hydroxylation is 1. The molecule has 2 N–H and O–H groups in total. The topological polar surface area (TPSA) is 128 Å². The molecule has 0 amide bonds. The lowest BCUT2D eigenvalue weighted by molar-refractivity contribution is -0.384. The van der Waals surface area contributed by atoms with Crippen molar-refractivity contribution in [2.45, 2.75) is 12.8 Å². The molecule has 0 aliphatic carbocycles. The molecule has 0 radical (unpaired) electrons. The minimum absolute atomic E-state index is 0.104. The summed E-state index contributed by atoms with van der Waals surface area (Å²) in [5.41, 5.74) is 6.69. The summed E-state index contributed by atoms with van der Waals surface area (Å²) in [6, 6.07) is 7.97. The van der Waals surface area contributed by atoms with Crippen molar-refractivity contribution in [3.8, 4) is 11.8 Å². The van der Waals surface area contributed by atoms with Gasteiger partial charge in [0.15, 0.2) is 5.75 Å². The molecule has 1 unspecified atom stereocenters. The number of carbonyl (C=O) groups is 1. The third-order valence-corrected chi connectivity index (χ3v) is 5.17. The zero-order valence-electron chi connectivity index (χ0n) is 13.8. The molecule has 0 saturated heterocycles. The van der Waals surface area contributed by atoms with Crippen molar-refractivity contribution in [2.24, 2.45) is 5.73 Å². The van der Waals surface area contributed by atoms with Crippen LogP contribution in [0.25, 0.3) is 0 Å². The highest BCUT2D eigenvalue weighted by molar-refractivity contribution is 7.12. The van der Waals surface area contributed by atoms with Crippen molar-refractivity contribution in [1.82, 2.24) is 0 Å². The number of allylic oxidation sites excluding steroid dienone is 1. The molecule has 0 saturated carbocycles. The van der Waals surface area contributed by atoms with Gasteiger partial charge in [-0.15, -0.1) is 11.3 Å². The summed E-state index contributed by atoms with van der Waals surface area (Å²) in [5, 5.41) is 20.6. The molecule has 26 heavy (non-hydrogen) atoms. The van der Waals surface area contributed by atoms with Gasteiger partial charge in [-0.2, -0.15) is 5.26 Å². The second-order valence-corrected chi connectivity index (χ2v) is 6.75. The Bertz CT molecular complexity index is 1000. The number of nitro benzene ring substituents is 1. The smallest absolute Gasteiger partial charge is 0.342 e. The fourth-order valence-electron chi connectivity index (χ4n) is 2.87. The van der Waals surface area contributed by atoms with E-state index in [4.69, 9.17) is 15.2 Å². The minimum atomic E-state index is -0.661. The Balaban J connectivity index is 2.25. The molecule has 8 nitrogen and oxygen atoms in total.